The topological polar surface area (TPSA) is 0 Å². The Kier molecular flexibility index (Phi) is 3.74. The molecule has 0 unspecified atom stereocenters. The summed E-state index contributed by atoms with van der Waals surface area (Å²) in [6.07, 6.45) is 1.15. The standard InChI is InChI=1S/C29H24/c1-2-19(28-24-15-7-3-11-20(24)21-12-4-8-16-25(21)28)29-26-17-9-5-13-22(26)23-14-6-10-18-27(23)29/h3-19,28-29H,2H2,1H3. The van der Waals surface area contributed by atoms with Gasteiger partial charge >= 0.3 is 0 Å². The molecule has 0 atom stereocenters. The normalized spacial score (nSPS) is 14.6. The number of fused-ring (bicyclic) bond motifs is 6. The summed E-state index contributed by atoms with van der Waals surface area (Å²) in [5, 5.41) is 0. The molecule has 2 aliphatic rings. The van der Waals surface area contributed by atoms with E-state index < -0.39 is 0 Å². The van der Waals surface area contributed by atoms with Crippen molar-refractivity contribution in [2.75, 3.05) is 0 Å². The van der Waals surface area contributed by atoms with Gasteiger partial charge in [0.15, 0.2) is 0 Å². The van der Waals surface area contributed by atoms with Crippen molar-refractivity contribution < 1.29 is 0 Å². The number of hydrogen-bond acceptors (Lipinski definition) is 0. The fraction of sp³-hybridized carbons (Fsp3) is 0.172. The smallest absolute Gasteiger partial charge is 0.0139 e. The zero-order valence-corrected chi connectivity index (χ0v) is 16.7. The van der Waals surface area contributed by atoms with Crippen LogP contribution < -0.4 is 0 Å². The van der Waals surface area contributed by atoms with E-state index in [9.17, 15) is 0 Å². The van der Waals surface area contributed by atoms with E-state index in [1.807, 2.05) is 0 Å². The lowest BCUT2D eigenvalue weighted by molar-refractivity contribution is 0.413. The number of rotatable bonds is 3. The first-order valence-corrected chi connectivity index (χ1v) is 10.7. The van der Waals surface area contributed by atoms with Crippen LogP contribution in [0, 0.1) is 5.92 Å². The molecule has 0 heterocycles. The second kappa shape index (κ2) is 6.46. The summed E-state index contributed by atoms with van der Waals surface area (Å²) in [6, 6.07) is 36.2. The van der Waals surface area contributed by atoms with E-state index in [1.54, 1.807) is 0 Å². The molecule has 0 saturated heterocycles. The van der Waals surface area contributed by atoms with E-state index in [4.69, 9.17) is 0 Å². The second-order valence-electron chi connectivity index (χ2n) is 8.38. The molecule has 0 heteroatoms. The van der Waals surface area contributed by atoms with Crippen molar-refractivity contribution in [1.82, 2.24) is 0 Å². The van der Waals surface area contributed by atoms with Crippen LogP contribution in [-0.2, 0) is 0 Å². The van der Waals surface area contributed by atoms with Gasteiger partial charge in [-0.25, -0.2) is 0 Å². The number of hydrogen-bond donors (Lipinski definition) is 0. The van der Waals surface area contributed by atoms with Gasteiger partial charge in [0.2, 0.25) is 0 Å². The fourth-order valence-electron chi connectivity index (χ4n) is 5.98. The lowest BCUT2D eigenvalue weighted by Crippen LogP contribution is -2.20. The zero-order valence-electron chi connectivity index (χ0n) is 16.7. The van der Waals surface area contributed by atoms with E-state index >= 15 is 0 Å². The molecule has 0 saturated carbocycles. The Balaban J connectivity index is 1.58. The Morgan fingerprint density at radius 3 is 1.03 bits per heavy atom. The van der Waals surface area contributed by atoms with Crippen LogP contribution in [0.5, 0.6) is 0 Å². The van der Waals surface area contributed by atoms with Gasteiger partial charge in [0.25, 0.3) is 0 Å². The largest absolute Gasteiger partial charge is 0.0651 e. The van der Waals surface area contributed by atoms with Gasteiger partial charge in [0.1, 0.15) is 0 Å². The molecule has 0 spiro atoms. The van der Waals surface area contributed by atoms with E-state index in [-0.39, 0.29) is 0 Å². The maximum atomic E-state index is 2.37. The molecular weight excluding hydrogens is 348 g/mol. The van der Waals surface area contributed by atoms with Crippen molar-refractivity contribution >= 4 is 0 Å². The minimum atomic E-state index is 0.441. The van der Waals surface area contributed by atoms with Gasteiger partial charge in [-0.2, -0.15) is 0 Å². The van der Waals surface area contributed by atoms with Gasteiger partial charge in [0.05, 0.1) is 0 Å². The summed E-state index contributed by atoms with van der Waals surface area (Å²) in [4.78, 5) is 0. The van der Waals surface area contributed by atoms with E-state index in [0.29, 0.717) is 17.8 Å². The minimum absolute atomic E-state index is 0.441. The highest BCUT2D eigenvalue weighted by atomic mass is 14.4. The highest BCUT2D eigenvalue weighted by Crippen LogP contribution is 2.57. The molecule has 0 bridgehead atoms. The minimum Gasteiger partial charge on any atom is -0.0651 e. The third kappa shape index (κ3) is 2.32. The first-order chi connectivity index (χ1) is 14.4. The maximum absolute atomic E-state index is 2.37. The highest BCUT2D eigenvalue weighted by molar-refractivity contribution is 5.81. The molecule has 0 aliphatic heterocycles. The van der Waals surface area contributed by atoms with E-state index in [0.717, 1.165) is 6.42 Å². The molecule has 29 heavy (non-hydrogen) atoms. The molecule has 0 fully saturated rings. The molecule has 4 aromatic carbocycles. The maximum Gasteiger partial charge on any atom is 0.0139 e. The quantitative estimate of drug-likeness (QED) is 0.347. The second-order valence-corrected chi connectivity index (χ2v) is 8.38. The molecule has 2 aliphatic carbocycles. The molecular formula is C29H24. The van der Waals surface area contributed by atoms with Crippen LogP contribution in [0.15, 0.2) is 97.1 Å². The monoisotopic (exact) mass is 372 g/mol. The summed E-state index contributed by atoms with van der Waals surface area (Å²) >= 11 is 0. The third-order valence-corrected chi connectivity index (χ3v) is 7.09. The van der Waals surface area contributed by atoms with E-state index in [2.05, 4.69) is 104 Å². The van der Waals surface area contributed by atoms with Crippen LogP contribution in [0.2, 0.25) is 0 Å². The molecule has 4 aromatic rings. The van der Waals surface area contributed by atoms with Crippen LogP contribution in [0.1, 0.15) is 47.4 Å². The molecule has 0 N–H and O–H groups in total. The Morgan fingerprint density at radius 1 is 0.483 bits per heavy atom. The summed E-state index contributed by atoms with van der Waals surface area (Å²) in [5.41, 5.74) is 11.7. The highest BCUT2D eigenvalue weighted by Gasteiger charge is 2.41. The number of benzene rings is 4. The van der Waals surface area contributed by atoms with E-state index in [1.165, 1.54) is 44.5 Å². The van der Waals surface area contributed by atoms with Crippen molar-refractivity contribution in [3.63, 3.8) is 0 Å². The van der Waals surface area contributed by atoms with Crippen LogP contribution in [0.4, 0.5) is 0 Å². The zero-order chi connectivity index (χ0) is 19.4. The van der Waals surface area contributed by atoms with Crippen molar-refractivity contribution in [2.45, 2.75) is 25.2 Å². The molecule has 6 rings (SSSR count). The van der Waals surface area contributed by atoms with Crippen molar-refractivity contribution in [2.24, 2.45) is 5.92 Å². The summed E-state index contributed by atoms with van der Waals surface area (Å²) in [7, 11) is 0. The van der Waals surface area contributed by atoms with Gasteiger partial charge in [-0.1, -0.05) is 110 Å². The van der Waals surface area contributed by atoms with Crippen LogP contribution in [0.3, 0.4) is 0 Å². The van der Waals surface area contributed by atoms with Crippen LogP contribution >= 0.6 is 0 Å². The summed E-state index contributed by atoms with van der Waals surface area (Å²) < 4.78 is 0. The van der Waals surface area contributed by atoms with Crippen molar-refractivity contribution in [3.05, 3.63) is 119 Å². The molecule has 140 valence electrons. The van der Waals surface area contributed by atoms with Gasteiger partial charge in [-0.3, -0.25) is 0 Å². The van der Waals surface area contributed by atoms with Crippen molar-refractivity contribution in [1.29, 1.82) is 0 Å². The molecule has 0 radical (unpaired) electrons. The molecule has 0 nitrogen and oxygen atoms in total. The first-order valence-electron chi connectivity index (χ1n) is 10.7. The van der Waals surface area contributed by atoms with Crippen LogP contribution in [-0.4, -0.2) is 0 Å². The Hall–Kier alpha value is -3.12. The Morgan fingerprint density at radius 2 is 0.759 bits per heavy atom. The summed E-state index contributed by atoms with van der Waals surface area (Å²) in [6.45, 7) is 2.37. The third-order valence-electron chi connectivity index (χ3n) is 7.09. The lowest BCUT2D eigenvalue weighted by atomic mass is 9.71. The van der Waals surface area contributed by atoms with Gasteiger partial charge in [-0.15, -0.1) is 0 Å². The van der Waals surface area contributed by atoms with Gasteiger partial charge in [0, 0.05) is 11.8 Å². The lowest BCUT2D eigenvalue weighted by Gasteiger charge is -2.31. The van der Waals surface area contributed by atoms with Crippen molar-refractivity contribution in [3.8, 4) is 22.3 Å². The Labute approximate surface area is 172 Å². The van der Waals surface area contributed by atoms with Crippen LogP contribution in [0.25, 0.3) is 22.3 Å². The molecule has 0 amide bonds. The average Bonchev–Trinajstić information content (AvgIpc) is 3.29. The summed E-state index contributed by atoms with van der Waals surface area (Å²) in [5.74, 6) is 1.41. The van der Waals surface area contributed by atoms with Gasteiger partial charge < -0.3 is 0 Å². The fourth-order valence-corrected chi connectivity index (χ4v) is 5.98. The Bertz CT molecular complexity index is 1030. The van der Waals surface area contributed by atoms with Gasteiger partial charge in [-0.05, 0) is 50.4 Å². The predicted molar refractivity (Wildman–Crippen MR) is 121 cm³/mol. The first kappa shape index (κ1) is 16.8. The molecule has 0 aromatic heterocycles. The SMILES string of the molecule is CCC(C1c2ccccc2-c2ccccc21)C1c2ccccc2-c2ccccc21. The predicted octanol–water partition coefficient (Wildman–Crippen LogP) is 7.64. The average molecular weight is 373 g/mol.